The fourth-order valence-corrected chi connectivity index (χ4v) is 3.50. The number of hydrogen-bond donors (Lipinski definition) is 1. The molecule has 1 aromatic heterocycles. The Bertz CT molecular complexity index is 686. The molecule has 0 unspecified atom stereocenters. The van der Waals surface area contributed by atoms with Crippen molar-refractivity contribution in [2.45, 2.75) is 31.0 Å². The Morgan fingerprint density at radius 3 is 2.67 bits per heavy atom. The summed E-state index contributed by atoms with van der Waals surface area (Å²) in [4.78, 5) is 23.0. The zero-order valence-corrected chi connectivity index (χ0v) is 15.2. The van der Waals surface area contributed by atoms with Crippen molar-refractivity contribution >= 4 is 39.9 Å². The summed E-state index contributed by atoms with van der Waals surface area (Å²) in [6.45, 7) is 3.99. The maximum Gasteiger partial charge on any atom is 0.226 e. The molecule has 0 aliphatic heterocycles. The number of Topliss-reactive ketones (excluding diaryl/α,β-unsaturated/α-hetero) is 1. The van der Waals surface area contributed by atoms with Gasteiger partial charge in [-0.2, -0.15) is 0 Å². The molecule has 1 aromatic carbocycles. The number of ketones is 1. The first-order chi connectivity index (χ1) is 11.6. The molecule has 24 heavy (non-hydrogen) atoms. The van der Waals surface area contributed by atoms with Gasteiger partial charge >= 0.3 is 0 Å². The molecule has 0 radical (unpaired) electrons. The zero-order valence-electron chi connectivity index (χ0n) is 13.6. The normalized spacial score (nSPS) is 10.4. The molecule has 6 nitrogen and oxygen atoms in total. The van der Waals surface area contributed by atoms with Crippen molar-refractivity contribution in [2.75, 3.05) is 17.7 Å². The Labute approximate surface area is 149 Å². The predicted octanol–water partition coefficient (Wildman–Crippen LogP) is 3.65. The maximum atomic E-state index is 11.8. The number of nitrogens with one attached hydrogen (secondary N) is 1. The number of anilines is 1. The van der Waals surface area contributed by atoms with E-state index in [1.165, 1.54) is 18.3 Å². The molecule has 0 saturated heterocycles. The number of thioether (sulfide) groups is 1. The number of aromatic nitrogens is 2. The minimum Gasteiger partial charge on any atom is -0.494 e. The summed E-state index contributed by atoms with van der Waals surface area (Å²) in [7, 11) is 0. The Morgan fingerprint density at radius 1 is 1.25 bits per heavy atom. The van der Waals surface area contributed by atoms with Crippen LogP contribution in [0.3, 0.4) is 0 Å². The molecule has 0 bridgehead atoms. The van der Waals surface area contributed by atoms with Gasteiger partial charge in [-0.15, -0.1) is 10.2 Å². The third-order valence-corrected chi connectivity index (χ3v) is 4.85. The van der Waals surface area contributed by atoms with Crippen LogP contribution >= 0.6 is 23.1 Å². The van der Waals surface area contributed by atoms with Gasteiger partial charge in [0.25, 0.3) is 0 Å². The van der Waals surface area contributed by atoms with Gasteiger partial charge in [0.15, 0.2) is 10.1 Å². The molecule has 1 amide bonds. The molecule has 0 aliphatic rings. The molecule has 2 aromatic rings. The van der Waals surface area contributed by atoms with Crippen LogP contribution in [0.1, 0.15) is 37.0 Å². The third-order valence-electron chi connectivity index (χ3n) is 3.00. The fourth-order valence-electron chi connectivity index (χ4n) is 1.83. The van der Waals surface area contributed by atoms with E-state index in [1.807, 2.05) is 6.92 Å². The van der Waals surface area contributed by atoms with Crippen LogP contribution in [0.5, 0.6) is 5.75 Å². The van der Waals surface area contributed by atoms with Crippen LogP contribution < -0.4 is 10.1 Å². The second kappa shape index (κ2) is 9.39. The lowest BCUT2D eigenvalue weighted by Gasteiger charge is -2.06. The van der Waals surface area contributed by atoms with E-state index >= 15 is 0 Å². The van der Waals surface area contributed by atoms with Crippen LogP contribution in [0.15, 0.2) is 28.6 Å². The average Bonchev–Trinajstić information content (AvgIpc) is 2.99. The minimum absolute atomic E-state index is 0.0235. The van der Waals surface area contributed by atoms with Crippen LogP contribution in [0.4, 0.5) is 5.13 Å². The fraction of sp³-hybridized carbons (Fsp3) is 0.375. The molecular formula is C16H19N3O3S2. The van der Waals surface area contributed by atoms with E-state index in [1.54, 1.807) is 36.0 Å². The molecule has 0 atom stereocenters. The first-order valence-electron chi connectivity index (χ1n) is 7.58. The number of amides is 1. The smallest absolute Gasteiger partial charge is 0.226 e. The third kappa shape index (κ3) is 5.93. The lowest BCUT2D eigenvalue weighted by atomic mass is 10.1. The average molecular weight is 365 g/mol. The van der Waals surface area contributed by atoms with Crippen LogP contribution in [0, 0.1) is 0 Å². The Balaban J connectivity index is 1.67. The van der Waals surface area contributed by atoms with E-state index in [-0.39, 0.29) is 11.7 Å². The second-order valence-corrected chi connectivity index (χ2v) is 7.38. The highest BCUT2D eigenvalue weighted by Gasteiger charge is 2.08. The molecule has 2 rings (SSSR count). The van der Waals surface area contributed by atoms with E-state index in [9.17, 15) is 9.59 Å². The van der Waals surface area contributed by atoms with Gasteiger partial charge < -0.3 is 10.1 Å². The maximum absolute atomic E-state index is 11.8. The molecular weight excluding hydrogens is 346 g/mol. The summed E-state index contributed by atoms with van der Waals surface area (Å²) in [5, 5.41) is 11.2. The van der Waals surface area contributed by atoms with E-state index in [4.69, 9.17) is 4.74 Å². The summed E-state index contributed by atoms with van der Waals surface area (Å²) in [6, 6.07) is 6.97. The molecule has 0 aliphatic carbocycles. The topological polar surface area (TPSA) is 81.2 Å². The number of rotatable bonds is 9. The molecule has 1 heterocycles. The summed E-state index contributed by atoms with van der Waals surface area (Å²) < 4.78 is 6.41. The number of hydrogen-bond acceptors (Lipinski definition) is 7. The van der Waals surface area contributed by atoms with Crippen molar-refractivity contribution in [3.8, 4) is 5.75 Å². The number of carbonyl (C=O) groups excluding carboxylic acids is 2. The zero-order chi connectivity index (χ0) is 17.4. The number of nitrogens with zero attached hydrogens (tertiary/aromatic N) is 2. The van der Waals surface area contributed by atoms with Crippen molar-refractivity contribution in [1.29, 1.82) is 0 Å². The number of benzene rings is 1. The van der Waals surface area contributed by atoms with Gasteiger partial charge in [-0.3, -0.25) is 9.59 Å². The molecule has 0 fully saturated rings. The molecule has 1 N–H and O–H groups in total. The molecule has 0 saturated carbocycles. The standard InChI is InChI=1S/C16H19N3O3S2/c1-3-23-16-19-18-15(24-16)17-14(21)5-4-10-22-13-8-6-12(7-9-13)11(2)20/h6-9H,3-5,10H2,1-2H3,(H,17,18,21). The highest BCUT2D eigenvalue weighted by Crippen LogP contribution is 2.25. The second-order valence-electron chi connectivity index (χ2n) is 4.89. The van der Waals surface area contributed by atoms with Crippen LogP contribution in [-0.4, -0.2) is 34.2 Å². The van der Waals surface area contributed by atoms with Crippen molar-refractivity contribution in [1.82, 2.24) is 10.2 Å². The Kier molecular flexibility index (Phi) is 7.20. The van der Waals surface area contributed by atoms with Gasteiger partial charge in [0.05, 0.1) is 6.61 Å². The van der Waals surface area contributed by atoms with Gasteiger partial charge in [-0.25, -0.2) is 0 Å². The highest BCUT2D eigenvalue weighted by molar-refractivity contribution is 8.01. The quantitative estimate of drug-likeness (QED) is 0.316. The van der Waals surface area contributed by atoms with Crippen LogP contribution in [-0.2, 0) is 4.79 Å². The minimum atomic E-state index is -0.102. The Morgan fingerprint density at radius 2 is 2.00 bits per heavy atom. The van der Waals surface area contributed by atoms with Crippen LogP contribution in [0.25, 0.3) is 0 Å². The van der Waals surface area contributed by atoms with E-state index in [0.29, 0.717) is 35.9 Å². The van der Waals surface area contributed by atoms with Crippen molar-refractivity contribution in [2.24, 2.45) is 0 Å². The molecule has 8 heteroatoms. The van der Waals surface area contributed by atoms with E-state index < -0.39 is 0 Å². The lowest BCUT2D eigenvalue weighted by molar-refractivity contribution is -0.116. The highest BCUT2D eigenvalue weighted by atomic mass is 32.2. The van der Waals surface area contributed by atoms with Crippen molar-refractivity contribution in [3.05, 3.63) is 29.8 Å². The van der Waals surface area contributed by atoms with Crippen molar-refractivity contribution < 1.29 is 14.3 Å². The summed E-state index contributed by atoms with van der Waals surface area (Å²) in [5.74, 6) is 1.53. The first-order valence-corrected chi connectivity index (χ1v) is 9.38. The number of ether oxygens (including phenoxy) is 1. The molecule has 128 valence electrons. The van der Waals surface area contributed by atoms with Gasteiger partial charge in [0.1, 0.15) is 5.75 Å². The summed E-state index contributed by atoms with van der Waals surface area (Å²) >= 11 is 2.97. The van der Waals surface area contributed by atoms with Gasteiger partial charge in [0, 0.05) is 12.0 Å². The largest absolute Gasteiger partial charge is 0.494 e. The van der Waals surface area contributed by atoms with Crippen molar-refractivity contribution in [3.63, 3.8) is 0 Å². The number of carbonyl (C=O) groups is 2. The lowest BCUT2D eigenvalue weighted by Crippen LogP contribution is -2.12. The predicted molar refractivity (Wildman–Crippen MR) is 96.1 cm³/mol. The van der Waals surface area contributed by atoms with E-state index in [2.05, 4.69) is 15.5 Å². The SMILES string of the molecule is CCSc1nnc(NC(=O)CCCOc2ccc(C(C)=O)cc2)s1. The summed E-state index contributed by atoms with van der Waals surface area (Å²) in [5.41, 5.74) is 0.652. The van der Waals surface area contributed by atoms with Crippen LogP contribution in [0.2, 0.25) is 0 Å². The molecule has 0 spiro atoms. The monoisotopic (exact) mass is 365 g/mol. The first kappa shape index (κ1) is 18.4. The van der Waals surface area contributed by atoms with Gasteiger partial charge in [-0.1, -0.05) is 30.0 Å². The van der Waals surface area contributed by atoms with E-state index in [0.717, 1.165) is 10.1 Å². The van der Waals surface area contributed by atoms with Gasteiger partial charge in [0.2, 0.25) is 11.0 Å². The van der Waals surface area contributed by atoms with Gasteiger partial charge in [-0.05, 0) is 43.4 Å². The Hall–Kier alpha value is -1.93. The summed E-state index contributed by atoms with van der Waals surface area (Å²) in [6.07, 6.45) is 0.941.